The number of benzene rings is 1. The van der Waals surface area contributed by atoms with E-state index in [1.54, 1.807) is 31.2 Å². The minimum Gasteiger partial charge on any atom is -0.418 e. The van der Waals surface area contributed by atoms with E-state index in [-0.39, 0.29) is 0 Å². The van der Waals surface area contributed by atoms with Crippen molar-refractivity contribution in [2.24, 2.45) is 0 Å². The first-order valence-corrected chi connectivity index (χ1v) is 5.11. The van der Waals surface area contributed by atoms with E-state index >= 15 is 0 Å². The maximum atomic E-state index is 11.6. The Balaban J connectivity index is 2.51. The van der Waals surface area contributed by atoms with Crippen LogP contribution in [0.3, 0.4) is 0 Å². The monoisotopic (exact) mass is 220 g/mol. The molecule has 16 heavy (non-hydrogen) atoms. The van der Waals surface area contributed by atoms with E-state index in [0.29, 0.717) is 17.5 Å². The van der Waals surface area contributed by atoms with Crippen molar-refractivity contribution in [3.8, 4) is 0 Å². The van der Waals surface area contributed by atoms with E-state index in [1.807, 2.05) is 0 Å². The van der Waals surface area contributed by atoms with Gasteiger partial charge in [0.15, 0.2) is 0 Å². The maximum Gasteiger partial charge on any atom is 0.342 e. The van der Waals surface area contributed by atoms with Crippen LogP contribution in [0.25, 0.3) is 0 Å². The minimum absolute atomic E-state index is 0.398. The molecule has 0 amide bonds. The number of carbonyl (C=O) groups is 2. The summed E-state index contributed by atoms with van der Waals surface area (Å²) in [4.78, 5) is 22.7. The first kappa shape index (κ1) is 10.7. The van der Waals surface area contributed by atoms with Crippen LogP contribution < -0.4 is 0 Å². The molecule has 1 aliphatic heterocycles. The molecule has 4 nitrogen and oxygen atoms in total. The zero-order valence-corrected chi connectivity index (χ0v) is 9.15. The lowest BCUT2D eigenvalue weighted by Crippen LogP contribution is -2.31. The summed E-state index contributed by atoms with van der Waals surface area (Å²) in [7, 11) is 0. The van der Waals surface area contributed by atoms with Crippen LogP contribution in [0.15, 0.2) is 24.3 Å². The molecule has 0 saturated heterocycles. The third-order valence-electron chi connectivity index (χ3n) is 2.59. The fourth-order valence-electron chi connectivity index (χ4n) is 1.90. The zero-order valence-electron chi connectivity index (χ0n) is 9.15. The maximum absolute atomic E-state index is 11.6. The minimum atomic E-state index is -1.24. The van der Waals surface area contributed by atoms with Crippen molar-refractivity contribution < 1.29 is 19.1 Å². The predicted molar refractivity (Wildman–Crippen MR) is 55.6 cm³/mol. The van der Waals surface area contributed by atoms with Gasteiger partial charge in [0.2, 0.25) is 0 Å². The smallest absolute Gasteiger partial charge is 0.342 e. The topological polar surface area (TPSA) is 52.6 Å². The highest BCUT2D eigenvalue weighted by molar-refractivity contribution is 5.94. The number of fused-ring (bicyclic) bond motifs is 1. The van der Waals surface area contributed by atoms with E-state index in [2.05, 4.69) is 0 Å². The molecule has 0 bridgehead atoms. The van der Waals surface area contributed by atoms with Crippen molar-refractivity contribution in [3.63, 3.8) is 0 Å². The largest absolute Gasteiger partial charge is 0.418 e. The molecule has 0 aliphatic carbocycles. The van der Waals surface area contributed by atoms with Crippen LogP contribution in [0, 0.1) is 0 Å². The van der Waals surface area contributed by atoms with Gasteiger partial charge in [-0.1, -0.05) is 25.1 Å². The lowest BCUT2D eigenvalue weighted by molar-refractivity contribution is -0.209. The van der Waals surface area contributed by atoms with Crippen LogP contribution in [0.2, 0.25) is 0 Å². The Labute approximate surface area is 93.2 Å². The predicted octanol–water partition coefficient (Wildman–Crippen LogP) is 1.98. The number of cyclic esters (lactones) is 1. The van der Waals surface area contributed by atoms with Crippen molar-refractivity contribution >= 4 is 11.9 Å². The van der Waals surface area contributed by atoms with E-state index in [1.165, 1.54) is 6.92 Å². The molecule has 1 unspecified atom stereocenters. The Morgan fingerprint density at radius 1 is 1.44 bits per heavy atom. The molecule has 0 aromatic heterocycles. The lowest BCUT2D eigenvalue weighted by Gasteiger charge is -2.26. The standard InChI is InChI=1S/C12H12O4/c1-3-12(15-8(2)13)10-7-5-4-6-9(10)11(14)16-12/h4-7H,3H2,1-2H3. The molecule has 84 valence electrons. The summed E-state index contributed by atoms with van der Waals surface area (Å²) in [5.41, 5.74) is 1.09. The van der Waals surface area contributed by atoms with E-state index in [0.717, 1.165) is 0 Å². The van der Waals surface area contributed by atoms with Crippen molar-refractivity contribution in [1.29, 1.82) is 0 Å². The summed E-state index contributed by atoms with van der Waals surface area (Å²) in [6.45, 7) is 3.10. The molecule has 2 rings (SSSR count). The number of hydrogen-bond donors (Lipinski definition) is 0. The number of rotatable bonds is 2. The molecule has 0 fully saturated rings. The van der Waals surface area contributed by atoms with E-state index in [9.17, 15) is 9.59 Å². The van der Waals surface area contributed by atoms with Gasteiger partial charge in [-0.2, -0.15) is 0 Å². The van der Waals surface area contributed by atoms with Crippen molar-refractivity contribution in [1.82, 2.24) is 0 Å². The summed E-state index contributed by atoms with van der Waals surface area (Å²) in [5.74, 6) is -2.15. The molecule has 0 saturated carbocycles. The average Bonchev–Trinajstić information content (AvgIpc) is 2.53. The van der Waals surface area contributed by atoms with Gasteiger partial charge in [0.1, 0.15) is 0 Å². The number of carbonyl (C=O) groups excluding carboxylic acids is 2. The molecular formula is C12H12O4. The van der Waals surface area contributed by atoms with Gasteiger partial charge >= 0.3 is 11.9 Å². The Hall–Kier alpha value is -1.84. The van der Waals surface area contributed by atoms with Crippen LogP contribution in [0.4, 0.5) is 0 Å². The first-order valence-electron chi connectivity index (χ1n) is 5.11. The Morgan fingerprint density at radius 3 is 2.75 bits per heavy atom. The van der Waals surface area contributed by atoms with E-state index < -0.39 is 17.7 Å². The quantitative estimate of drug-likeness (QED) is 0.715. The van der Waals surface area contributed by atoms with Crippen LogP contribution in [0.1, 0.15) is 36.2 Å². The second kappa shape index (κ2) is 3.63. The summed E-state index contributed by atoms with van der Waals surface area (Å²) in [6, 6.07) is 6.94. The van der Waals surface area contributed by atoms with Gasteiger partial charge < -0.3 is 9.47 Å². The van der Waals surface area contributed by atoms with Gasteiger partial charge in [-0.05, 0) is 6.07 Å². The van der Waals surface area contributed by atoms with Crippen LogP contribution in [0.5, 0.6) is 0 Å². The van der Waals surface area contributed by atoms with Crippen LogP contribution in [-0.4, -0.2) is 11.9 Å². The second-order valence-electron chi connectivity index (χ2n) is 3.64. The highest BCUT2D eigenvalue weighted by Gasteiger charge is 2.47. The molecule has 1 heterocycles. The molecule has 4 heteroatoms. The Kier molecular flexibility index (Phi) is 2.42. The van der Waals surface area contributed by atoms with Gasteiger partial charge in [-0.15, -0.1) is 0 Å². The third kappa shape index (κ3) is 1.46. The average molecular weight is 220 g/mol. The normalized spacial score (nSPS) is 22.5. The van der Waals surface area contributed by atoms with Crippen LogP contribution >= 0.6 is 0 Å². The van der Waals surface area contributed by atoms with Crippen LogP contribution in [-0.2, 0) is 20.1 Å². The van der Waals surface area contributed by atoms with Crippen molar-refractivity contribution in [2.45, 2.75) is 26.1 Å². The molecule has 1 atom stereocenters. The van der Waals surface area contributed by atoms with Crippen molar-refractivity contribution in [2.75, 3.05) is 0 Å². The summed E-state index contributed by atoms with van der Waals surface area (Å²) < 4.78 is 10.4. The van der Waals surface area contributed by atoms with Gasteiger partial charge in [0, 0.05) is 13.3 Å². The number of hydrogen-bond acceptors (Lipinski definition) is 4. The van der Waals surface area contributed by atoms with E-state index in [4.69, 9.17) is 9.47 Å². The summed E-state index contributed by atoms with van der Waals surface area (Å²) in [5, 5.41) is 0. The number of esters is 2. The molecule has 1 aromatic rings. The SMILES string of the molecule is CCC1(OC(C)=O)OC(=O)c2ccccc21. The fraction of sp³-hybridized carbons (Fsp3) is 0.333. The molecule has 1 aliphatic rings. The zero-order chi connectivity index (χ0) is 11.8. The van der Waals surface area contributed by atoms with Gasteiger partial charge in [0.05, 0.1) is 11.1 Å². The summed E-state index contributed by atoms with van der Waals surface area (Å²) >= 11 is 0. The Morgan fingerprint density at radius 2 is 2.12 bits per heavy atom. The lowest BCUT2D eigenvalue weighted by atomic mass is 10.0. The summed E-state index contributed by atoms with van der Waals surface area (Å²) in [6.07, 6.45) is 0.398. The highest BCUT2D eigenvalue weighted by Crippen LogP contribution is 2.39. The molecule has 0 N–H and O–H groups in total. The van der Waals surface area contributed by atoms with Gasteiger partial charge in [-0.3, -0.25) is 4.79 Å². The van der Waals surface area contributed by atoms with Gasteiger partial charge in [0.25, 0.3) is 5.79 Å². The second-order valence-corrected chi connectivity index (χ2v) is 3.64. The fourth-order valence-corrected chi connectivity index (χ4v) is 1.90. The number of ether oxygens (including phenoxy) is 2. The molecule has 0 radical (unpaired) electrons. The third-order valence-corrected chi connectivity index (χ3v) is 2.59. The Bertz CT molecular complexity index is 448. The van der Waals surface area contributed by atoms with Crippen molar-refractivity contribution in [3.05, 3.63) is 35.4 Å². The van der Waals surface area contributed by atoms with Gasteiger partial charge in [-0.25, -0.2) is 4.79 Å². The first-order chi connectivity index (χ1) is 7.59. The highest BCUT2D eigenvalue weighted by atomic mass is 16.7. The molecule has 1 aromatic carbocycles. The molecular weight excluding hydrogens is 208 g/mol. The molecule has 0 spiro atoms.